The summed E-state index contributed by atoms with van der Waals surface area (Å²) in [6.45, 7) is 5.19. The lowest BCUT2D eigenvalue weighted by atomic mass is 9.96. The van der Waals surface area contributed by atoms with Crippen molar-refractivity contribution < 1.29 is 32.9 Å². The lowest BCUT2D eigenvalue weighted by Crippen LogP contribution is -2.65. The first-order chi connectivity index (χ1) is 23.1. The van der Waals surface area contributed by atoms with Crippen molar-refractivity contribution in [1.82, 2.24) is 9.62 Å². The zero-order valence-electron chi connectivity index (χ0n) is 31.5. The van der Waals surface area contributed by atoms with E-state index in [1.807, 2.05) is 0 Å². The molecule has 10 heteroatoms. The Balaban J connectivity index is 2.48. The van der Waals surface area contributed by atoms with Crippen LogP contribution in [0.2, 0.25) is 0 Å². The average Bonchev–Trinajstić information content (AvgIpc) is 3.05. The SMILES string of the molecule is CCCCCCCCCCCCCCCCCCN(C[C@H]1O[C@H](OC)[C@H](NS(C)(=O)=O)[C@@H](O)[C@@H]1O)C(=O)CCCCCCCCCCC. The smallest absolute Gasteiger partial charge is 0.222 e. The van der Waals surface area contributed by atoms with Crippen LogP contribution in [0.5, 0.6) is 0 Å². The molecular weight excluding hydrogens is 628 g/mol. The van der Waals surface area contributed by atoms with Crippen molar-refractivity contribution in [2.24, 2.45) is 0 Å². The van der Waals surface area contributed by atoms with Gasteiger partial charge in [0.1, 0.15) is 24.4 Å². The number of aliphatic hydroxyl groups excluding tert-OH is 2. The highest BCUT2D eigenvalue weighted by Gasteiger charge is 2.46. The number of nitrogens with one attached hydrogen (secondary N) is 1. The molecular formula is C38H76N2O7S. The van der Waals surface area contributed by atoms with Gasteiger partial charge in [-0.05, 0) is 12.8 Å². The van der Waals surface area contributed by atoms with E-state index >= 15 is 0 Å². The van der Waals surface area contributed by atoms with Crippen LogP contribution in [-0.4, -0.2) is 86.5 Å². The van der Waals surface area contributed by atoms with Crippen LogP contribution in [0.3, 0.4) is 0 Å². The molecule has 0 radical (unpaired) electrons. The van der Waals surface area contributed by atoms with E-state index in [0.717, 1.165) is 44.8 Å². The molecule has 48 heavy (non-hydrogen) atoms. The van der Waals surface area contributed by atoms with Crippen LogP contribution in [0.1, 0.15) is 181 Å². The third-order valence-corrected chi connectivity index (χ3v) is 10.5. The predicted molar refractivity (Wildman–Crippen MR) is 197 cm³/mol. The number of hydrogen-bond donors (Lipinski definition) is 3. The first-order valence-electron chi connectivity index (χ1n) is 19.9. The summed E-state index contributed by atoms with van der Waals surface area (Å²) in [7, 11) is -2.31. The molecule has 0 unspecified atom stereocenters. The molecule has 1 aliphatic rings. The second kappa shape index (κ2) is 28.9. The maximum Gasteiger partial charge on any atom is 0.222 e. The Kier molecular flexibility index (Phi) is 27.2. The number of nitrogens with zero attached hydrogens (tertiary/aromatic N) is 1. The van der Waals surface area contributed by atoms with Gasteiger partial charge in [-0.2, -0.15) is 0 Å². The van der Waals surface area contributed by atoms with Gasteiger partial charge in [0.2, 0.25) is 15.9 Å². The van der Waals surface area contributed by atoms with E-state index in [9.17, 15) is 23.4 Å². The molecule has 1 heterocycles. The lowest BCUT2D eigenvalue weighted by molar-refractivity contribution is -0.256. The maximum atomic E-state index is 13.4. The highest BCUT2D eigenvalue weighted by molar-refractivity contribution is 7.88. The normalized spacial score (nSPS) is 21.5. The molecule has 0 aromatic rings. The Morgan fingerprint density at radius 1 is 0.667 bits per heavy atom. The molecule has 5 atom stereocenters. The molecule has 0 bridgehead atoms. The Labute approximate surface area is 295 Å². The van der Waals surface area contributed by atoms with Crippen LogP contribution in [0, 0.1) is 0 Å². The Bertz CT molecular complexity index is 873. The lowest BCUT2D eigenvalue weighted by Gasteiger charge is -2.43. The van der Waals surface area contributed by atoms with Gasteiger partial charge in [-0.15, -0.1) is 0 Å². The number of unbranched alkanes of at least 4 members (excludes halogenated alkanes) is 23. The molecule has 0 aromatic carbocycles. The highest BCUT2D eigenvalue weighted by atomic mass is 32.2. The molecule has 1 saturated heterocycles. The number of methoxy groups -OCH3 is 1. The van der Waals surface area contributed by atoms with E-state index in [1.54, 1.807) is 4.90 Å². The second-order valence-corrected chi connectivity index (χ2v) is 16.2. The van der Waals surface area contributed by atoms with Gasteiger partial charge in [0.25, 0.3) is 0 Å². The summed E-state index contributed by atoms with van der Waals surface area (Å²) < 4.78 is 37.3. The first kappa shape index (κ1) is 45.2. The number of ether oxygens (including phenoxy) is 2. The zero-order chi connectivity index (χ0) is 35.5. The van der Waals surface area contributed by atoms with Gasteiger partial charge in [0, 0.05) is 26.6 Å². The fourth-order valence-corrected chi connectivity index (χ4v) is 7.53. The largest absolute Gasteiger partial charge is 0.388 e. The van der Waals surface area contributed by atoms with Gasteiger partial charge < -0.3 is 24.6 Å². The van der Waals surface area contributed by atoms with E-state index in [1.165, 1.54) is 129 Å². The van der Waals surface area contributed by atoms with Gasteiger partial charge in [-0.3, -0.25) is 4.79 Å². The number of carbonyl (C=O) groups excluding carboxylic acids is 1. The Hall–Kier alpha value is -0.780. The minimum absolute atomic E-state index is 0.0366. The number of rotatable bonds is 32. The number of amides is 1. The van der Waals surface area contributed by atoms with Crippen molar-refractivity contribution in [3.8, 4) is 0 Å². The van der Waals surface area contributed by atoms with E-state index in [-0.39, 0.29) is 12.5 Å². The molecule has 0 aromatic heterocycles. The van der Waals surface area contributed by atoms with Crippen molar-refractivity contribution in [2.45, 2.75) is 211 Å². The van der Waals surface area contributed by atoms with Crippen molar-refractivity contribution in [3.63, 3.8) is 0 Å². The summed E-state index contributed by atoms with van der Waals surface area (Å²) in [4.78, 5) is 15.2. The standard InChI is InChI=1S/C38H76N2O7S/c1-5-7-9-11-13-15-16-17-18-19-20-21-23-25-27-29-31-40(34(41)30-28-26-24-22-14-12-10-8-6-2)32-33-36(42)37(43)35(38(46-3)47-33)39-48(4,44)45/h33,35-39,42-43H,5-32H2,1-4H3/t33-,35-,36-,37-,38+/m1/s1. The number of sulfonamides is 1. The number of hydrogen-bond acceptors (Lipinski definition) is 7. The minimum Gasteiger partial charge on any atom is -0.388 e. The summed E-state index contributed by atoms with van der Waals surface area (Å²) in [5.74, 6) is 0.0366. The third kappa shape index (κ3) is 22.1. The number of aliphatic hydroxyl groups is 2. The summed E-state index contributed by atoms with van der Waals surface area (Å²) in [5.41, 5.74) is 0. The topological polar surface area (TPSA) is 125 Å². The predicted octanol–water partition coefficient (Wildman–Crippen LogP) is 8.01. The van der Waals surface area contributed by atoms with Crippen LogP contribution in [0.4, 0.5) is 0 Å². The summed E-state index contributed by atoms with van der Waals surface area (Å²) in [6, 6.07) is -1.15. The van der Waals surface area contributed by atoms with Gasteiger partial charge in [0.05, 0.1) is 6.26 Å². The highest BCUT2D eigenvalue weighted by Crippen LogP contribution is 2.24. The van der Waals surface area contributed by atoms with E-state index < -0.39 is 40.7 Å². The fraction of sp³-hybridized carbons (Fsp3) is 0.974. The van der Waals surface area contributed by atoms with Gasteiger partial charge >= 0.3 is 0 Å². The molecule has 286 valence electrons. The zero-order valence-corrected chi connectivity index (χ0v) is 32.3. The van der Waals surface area contributed by atoms with E-state index in [2.05, 4.69) is 18.6 Å². The Morgan fingerprint density at radius 2 is 1.06 bits per heavy atom. The van der Waals surface area contributed by atoms with Gasteiger partial charge in [-0.25, -0.2) is 13.1 Å². The van der Waals surface area contributed by atoms with Crippen molar-refractivity contribution in [2.75, 3.05) is 26.5 Å². The molecule has 0 aliphatic carbocycles. The molecule has 1 rings (SSSR count). The first-order valence-corrected chi connectivity index (χ1v) is 21.8. The summed E-state index contributed by atoms with van der Waals surface area (Å²) >= 11 is 0. The monoisotopic (exact) mass is 705 g/mol. The molecule has 9 nitrogen and oxygen atoms in total. The van der Waals surface area contributed by atoms with Crippen LogP contribution in [-0.2, 0) is 24.3 Å². The van der Waals surface area contributed by atoms with Crippen molar-refractivity contribution >= 4 is 15.9 Å². The fourth-order valence-electron chi connectivity index (χ4n) is 6.79. The summed E-state index contributed by atoms with van der Waals surface area (Å²) in [6.07, 6.45) is 27.8. The second-order valence-electron chi connectivity index (χ2n) is 14.4. The van der Waals surface area contributed by atoms with E-state index in [4.69, 9.17) is 9.47 Å². The summed E-state index contributed by atoms with van der Waals surface area (Å²) in [5, 5.41) is 21.7. The quantitative estimate of drug-likeness (QED) is 0.0606. The van der Waals surface area contributed by atoms with Crippen LogP contribution in [0.25, 0.3) is 0 Å². The van der Waals surface area contributed by atoms with Gasteiger partial charge in [0.15, 0.2) is 6.29 Å². The molecule has 0 spiro atoms. The molecule has 1 aliphatic heterocycles. The van der Waals surface area contributed by atoms with Gasteiger partial charge in [-0.1, -0.05) is 162 Å². The van der Waals surface area contributed by atoms with E-state index in [0.29, 0.717) is 13.0 Å². The Morgan fingerprint density at radius 3 is 1.46 bits per heavy atom. The van der Waals surface area contributed by atoms with Crippen LogP contribution < -0.4 is 4.72 Å². The number of carbonyl (C=O) groups is 1. The maximum absolute atomic E-state index is 13.4. The van der Waals surface area contributed by atoms with Crippen molar-refractivity contribution in [1.29, 1.82) is 0 Å². The molecule has 0 saturated carbocycles. The minimum atomic E-state index is -3.68. The van der Waals surface area contributed by atoms with Crippen molar-refractivity contribution in [3.05, 3.63) is 0 Å². The third-order valence-electron chi connectivity index (χ3n) is 9.81. The van der Waals surface area contributed by atoms with Crippen LogP contribution >= 0.6 is 0 Å². The van der Waals surface area contributed by atoms with Crippen LogP contribution in [0.15, 0.2) is 0 Å². The molecule has 1 fully saturated rings. The molecule has 3 N–H and O–H groups in total. The average molecular weight is 705 g/mol. The molecule has 1 amide bonds.